The van der Waals surface area contributed by atoms with Crippen molar-refractivity contribution in [1.29, 1.82) is 0 Å². The van der Waals surface area contributed by atoms with Crippen LogP contribution in [0.4, 0.5) is 5.69 Å². The van der Waals surface area contributed by atoms with Crippen molar-refractivity contribution in [3.8, 4) is 5.75 Å². The zero-order chi connectivity index (χ0) is 15.4. The van der Waals surface area contributed by atoms with E-state index in [0.717, 1.165) is 10.6 Å². The molecule has 2 aromatic rings. The second-order valence-electron chi connectivity index (χ2n) is 4.68. The zero-order valence-corrected chi connectivity index (χ0v) is 13.2. The van der Waals surface area contributed by atoms with Gasteiger partial charge in [-0.1, -0.05) is 6.07 Å². The quantitative estimate of drug-likeness (QED) is 0.862. The van der Waals surface area contributed by atoms with E-state index in [2.05, 4.69) is 4.98 Å². The summed E-state index contributed by atoms with van der Waals surface area (Å²) in [6.45, 7) is 4.81. The van der Waals surface area contributed by atoms with Gasteiger partial charge in [0.25, 0.3) is 5.91 Å². The van der Waals surface area contributed by atoms with Crippen LogP contribution in [0.15, 0.2) is 23.7 Å². The van der Waals surface area contributed by atoms with Gasteiger partial charge in [0.05, 0.1) is 24.4 Å². The number of ether oxygens (including phenoxy) is 1. The van der Waals surface area contributed by atoms with Crippen molar-refractivity contribution >= 4 is 22.9 Å². The van der Waals surface area contributed by atoms with E-state index < -0.39 is 0 Å². The highest BCUT2D eigenvalue weighted by molar-refractivity contribution is 7.09. The second-order valence-corrected chi connectivity index (χ2v) is 5.61. The highest BCUT2D eigenvalue weighted by Gasteiger charge is 2.20. The van der Waals surface area contributed by atoms with E-state index in [0.29, 0.717) is 30.2 Å². The first-order valence-electron chi connectivity index (χ1n) is 6.70. The number of carbonyl (C=O) groups excluding carboxylic acids is 1. The van der Waals surface area contributed by atoms with E-state index in [9.17, 15) is 4.79 Å². The minimum Gasteiger partial charge on any atom is -0.493 e. The fourth-order valence-corrected chi connectivity index (χ4v) is 2.84. The fraction of sp³-hybridized carbons (Fsp3) is 0.333. The van der Waals surface area contributed by atoms with Crippen molar-refractivity contribution in [3.05, 3.63) is 39.8 Å². The van der Waals surface area contributed by atoms with Crippen molar-refractivity contribution < 1.29 is 9.53 Å². The van der Waals surface area contributed by atoms with Crippen LogP contribution in [0.3, 0.4) is 0 Å². The molecular weight excluding hydrogens is 286 g/mol. The number of nitrogen functional groups attached to an aromatic ring is 1. The number of nitrogens with two attached hydrogens (primary N) is 1. The predicted molar refractivity (Wildman–Crippen MR) is 84.7 cm³/mol. The zero-order valence-electron chi connectivity index (χ0n) is 12.4. The number of aromatic nitrogens is 1. The molecule has 0 atom stereocenters. The Bertz CT molecular complexity index is 640. The molecular formula is C15H19N3O2S. The highest BCUT2D eigenvalue weighted by atomic mass is 32.1. The average Bonchev–Trinajstić information content (AvgIpc) is 2.84. The first-order chi connectivity index (χ1) is 10.0. The van der Waals surface area contributed by atoms with Crippen molar-refractivity contribution in [2.45, 2.75) is 20.4 Å². The van der Waals surface area contributed by atoms with Gasteiger partial charge in [0.1, 0.15) is 11.3 Å². The fourth-order valence-electron chi connectivity index (χ4n) is 2.01. The third kappa shape index (κ3) is 3.33. The van der Waals surface area contributed by atoms with Gasteiger partial charge in [0, 0.05) is 17.6 Å². The largest absolute Gasteiger partial charge is 0.493 e. The van der Waals surface area contributed by atoms with Crippen molar-refractivity contribution in [1.82, 2.24) is 9.88 Å². The van der Waals surface area contributed by atoms with Gasteiger partial charge in [0.2, 0.25) is 0 Å². The molecule has 0 spiro atoms. The van der Waals surface area contributed by atoms with Crippen molar-refractivity contribution in [3.63, 3.8) is 0 Å². The lowest BCUT2D eigenvalue weighted by Gasteiger charge is -2.19. The van der Waals surface area contributed by atoms with Gasteiger partial charge in [-0.15, -0.1) is 11.3 Å². The minimum atomic E-state index is -0.149. The van der Waals surface area contributed by atoms with E-state index in [-0.39, 0.29) is 5.91 Å². The third-order valence-electron chi connectivity index (χ3n) is 3.14. The number of amides is 1. The Morgan fingerprint density at radius 3 is 2.86 bits per heavy atom. The molecule has 0 saturated carbocycles. The summed E-state index contributed by atoms with van der Waals surface area (Å²) in [5, 5.41) is 0. The lowest BCUT2D eigenvalue weighted by molar-refractivity contribution is 0.0783. The number of anilines is 1. The summed E-state index contributed by atoms with van der Waals surface area (Å²) in [7, 11) is 1.75. The lowest BCUT2D eigenvalue weighted by Crippen LogP contribution is -2.27. The average molecular weight is 305 g/mol. The van der Waals surface area contributed by atoms with E-state index >= 15 is 0 Å². The first-order valence-corrected chi connectivity index (χ1v) is 7.58. The van der Waals surface area contributed by atoms with Crippen LogP contribution in [0.5, 0.6) is 5.75 Å². The maximum Gasteiger partial charge on any atom is 0.259 e. The van der Waals surface area contributed by atoms with Crippen LogP contribution < -0.4 is 10.5 Å². The lowest BCUT2D eigenvalue weighted by atomic mass is 10.1. The van der Waals surface area contributed by atoms with Crippen LogP contribution >= 0.6 is 11.3 Å². The molecule has 0 radical (unpaired) electrons. The number of carbonyl (C=O) groups is 1. The monoisotopic (exact) mass is 305 g/mol. The Labute approximate surface area is 128 Å². The van der Waals surface area contributed by atoms with Gasteiger partial charge in [-0.2, -0.15) is 0 Å². The molecule has 1 heterocycles. The number of rotatable bonds is 5. The summed E-state index contributed by atoms with van der Waals surface area (Å²) >= 11 is 1.54. The SMILES string of the molecule is CCOc1cccc(N)c1C(=O)N(C)Cc1scnc1C. The number of thiazole rings is 1. The number of hydrogen-bond acceptors (Lipinski definition) is 5. The minimum absolute atomic E-state index is 0.149. The van der Waals surface area contributed by atoms with Crippen LogP contribution in [0.25, 0.3) is 0 Å². The number of nitrogens with zero attached hydrogens (tertiary/aromatic N) is 2. The van der Waals surface area contributed by atoms with Crippen LogP contribution in [-0.2, 0) is 6.54 Å². The van der Waals surface area contributed by atoms with E-state index in [1.54, 1.807) is 47.0 Å². The number of aryl methyl sites for hydroxylation is 1. The molecule has 0 unspecified atom stereocenters. The summed E-state index contributed by atoms with van der Waals surface area (Å²) in [4.78, 5) is 19.5. The molecule has 1 amide bonds. The molecule has 112 valence electrons. The van der Waals surface area contributed by atoms with Gasteiger partial charge < -0.3 is 15.4 Å². The van der Waals surface area contributed by atoms with Gasteiger partial charge >= 0.3 is 0 Å². The van der Waals surface area contributed by atoms with E-state index in [1.807, 2.05) is 13.8 Å². The van der Waals surface area contributed by atoms with Gasteiger partial charge in [-0.3, -0.25) is 4.79 Å². The Balaban J connectivity index is 2.25. The Morgan fingerprint density at radius 1 is 1.48 bits per heavy atom. The van der Waals surface area contributed by atoms with Gasteiger partial charge in [-0.25, -0.2) is 4.98 Å². The summed E-state index contributed by atoms with van der Waals surface area (Å²) in [6, 6.07) is 5.25. The van der Waals surface area contributed by atoms with Crippen molar-refractivity contribution in [2.24, 2.45) is 0 Å². The number of hydrogen-bond donors (Lipinski definition) is 1. The van der Waals surface area contributed by atoms with E-state index in [4.69, 9.17) is 10.5 Å². The van der Waals surface area contributed by atoms with Gasteiger partial charge in [-0.05, 0) is 26.0 Å². The molecule has 0 aliphatic carbocycles. The summed E-state index contributed by atoms with van der Waals surface area (Å²) in [6.07, 6.45) is 0. The van der Waals surface area contributed by atoms with Crippen LogP contribution in [0.1, 0.15) is 27.9 Å². The molecule has 6 heteroatoms. The summed E-state index contributed by atoms with van der Waals surface area (Å²) in [5.74, 6) is 0.375. The van der Waals surface area contributed by atoms with Crippen LogP contribution in [0.2, 0.25) is 0 Å². The molecule has 1 aromatic carbocycles. The highest BCUT2D eigenvalue weighted by Crippen LogP contribution is 2.26. The van der Waals surface area contributed by atoms with Crippen LogP contribution in [0, 0.1) is 6.92 Å². The van der Waals surface area contributed by atoms with Gasteiger partial charge in [0.15, 0.2) is 0 Å². The maximum absolute atomic E-state index is 12.6. The molecule has 0 bridgehead atoms. The van der Waals surface area contributed by atoms with Crippen LogP contribution in [-0.4, -0.2) is 29.4 Å². The molecule has 2 N–H and O–H groups in total. The molecule has 0 aliphatic heterocycles. The normalized spacial score (nSPS) is 10.4. The molecule has 0 aliphatic rings. The Kier molecular flexibility index (Phi) is 4.80. The Hall–Kier alpha value is -2.08. The second kappa shape index (κ2) is 6.58. The smallest absolute Gasteiger partial charge is 0.259 e. The molecule has 2 rings (SSSR count). The Morgan fingerprint density at radius 2 is 2.24 bits per heavy atom. The first kappa shape index (κ1) is 15.3. The standard InChI is InChI=1S/C15H19N3O2S/c1-4-20-12-7-5-6-11(16)14(12)15(19)18(3)8-13-10(2)17-9-21-13/h5-7,9H,4,8,16H2,1-3H3. The summed E-state index contributed by atoms with van der Waals surface area (Å²) in [5.41, 5.74) is 9.54. The molecule has 0 saturated heterocycles. The van der Waals surface area contributed by atoms with E-state index in [1.165, 1.54) is 0 Å². The molecule has 5 nitrogen and oxygen atoms in total. The molecule has 21 heavy (non-hydrogen) atoms. The summed E-state index contributed by atoms with van der Waals surface area (Å²) < 4.78 is 5.51. The molecule has 1 aromatic heterocycles. The number of benzene rings is 1. The maximum atomic E-state index is 12.6. The topological polar surface area (TPSA) is 68.5 Å². The third-order valence-corrected chi connectivity index (χ3v) is 4.06. The predicted octanol–water partition coefficient (Wildman–Crippen LogP) is 2.70. The molecule has 0 fully saturated rings. The van der Waals surface area contributed by atoms with Crippen molar-refractivity contribution in [2.75, 3.05) is 19.4 Å².